The number of hydrogen-bond acceptors (Lipinski definition) is 2. The largest absolute Gasteiger partial charge is 1.00 e. The summed E-state index contributed by atoms with van der Waals surface area (Å²) in [5.74, 6) is 0. The summed E-state index contributed by atoms with van der Waals surface area (Å²) < 4.78 is 37.5. The maximum Gasteiger partial charge on any atom is 1.00 e. The first-order chi connectivity index (χ1) is 5.43. The number of halogens is 3. The molecule has 0 fully saturated rings. The van der Waals surface area contributed by atoms with E-state index in [0.717, 1.165) is 10.9 Å². The summed E-state index contributed by atoms with van der Waals surface area (Å²) in [4.78, 5) is 0. The Morgan fingerprint density at radius 2 is 1.92 bits per heavy atom. The van der Waals surface area contributed by atoms with Crippen molar-refractivity contribution in [2.24, 2.45) is 0 Å². The normalized spacial score (nSPS) is 11.5. The van der Waals surface area contributed by atoms with E-state index in [0.29, 0.717) is 0 Å². The van der Waals surface area contributed by atoms with Crippen LogP contribution in [0.2, 0.25) is 0 Å². The molecule has 13 heavy (non-hydrogen) atoms. The molecule has 0 N–H and O–H groups in total. The van der Waals surface area contributed by atoms with Gasteiger partial charge in [0.2, 0.25) is 0 Å². The van der Waals surface area contributed by atoms with Crippen molar-refractivity contribution in [2.75, 3.05) is 0 Å². The predicted octanol–water partition coefficient (Wildman–Crippen LogP) is -2.08. The maximum atomic E-state index is 12.2. The van der Waals surface area contributed by atoms with Crippen LogP contribution in [-0.4, -0.2) is 22.0 Å². The Labute approximate surface area is 117 Å². The third-order valence-corrected chi connectivity index (χ3v) is 1.43. The van der Waals surface area contributed by atoms with Crippen LogP contribution in [0.4, 0.5) is 12.9 Å². The quantitative estimate of drug-likeness (QED) is 0.532. The molecule has 0 unspecified atom stereocenters. The van der Waals surface area contributed by atoms with Crippen LogP contribution >= 0.6 is 0 Å². The zero-order valence-corrected chi connectivity index (χ0v) is 10.8. The molecule has 1 heterocycles. The minimum atomic E-state index is -4.99. The van der Waals surface area contributed by atoms with Gasteiger partial charge in [-0.1, -0.05) is 5.21 Å². The van der Waals surface area contributed by atoms with Crippen molar-refractivity contribution in [3.8, 4) is 0 Å². The molecule has 8 heteroatoms. The van der Waals surface area contributed by atoms with Gasteiger partial charge in [0.1, 0.15) is 0 Å². The van der Waals surface area contributed by atoms with Crippen LogP contribution in [0.25, 0.3) is 0 Å². The van der Waals surface area contributed by atoms with Crippen LogP contribution in [0.15, 0.2) is 6.20 Å². The Morgan fingerprint density at radius 3 is 2.23 bits per heavy atom. The second-order valence-corrected chi connectivity index (χ2v) is 2.77. The van der Waals surface area contributed by atoms with E-state index in [2.05, 4.69) is 10.3 Å². The van der Waals surface area contributed by atoms with Gasteiger partial charge in [0.05, 0.1) is 0 Å². The molecule has 68 valence electrons. The van der Waals surface area contributed by atoms with Crippen LogP contribution in [0.1, 0.15) is 19.9 Å². The molecule has 0 spiro atoms. The Bertz CT molecular complexity index is 272. The second-order valence-electron chi connectivity index (χ2n) is 2.77. The molecule has 0 radical (unpaired) electrons. The fraction of sp³-hybridized carbons (Fsp3) is 0.600. The molecule has 0 aromatic carbocycles. The SMILES string of the molecule is CC(C)n1nncc1[B-](F)(F)F.[K+]. The van der Waals surface area contributed by atoms with Gasteiger partial charge in [-0.2, -0.15) is 0 Å². The summed E-state index contributed by atoms with van der Waals surface area (Å²) in [6, 6.07) is -0.314. The molecule has 0 aliphatic carbocycles. The molecular weight excluding hydrogens is 209 g/mol. The number of rotatable bonds is 2. The summed E-state index contributed by atoms with van der Waals surface area (Å²) >= 11 is 0. The van der Waals surface area contributed by atoms with Gasteiger partial charge in [-0.3, -0.25) is 4.68 Å². The Morgan fingerprint density at radius 1 is 1.38 bits per heavy atom. The number of hydrogen-bond donors (Lipinski definition) is 0. The third kappa shape index (κ3) is 3.35. The first kappa shape index (κ1) is 13.6. The number of aromatic nitrogens is 3. The van der Waals surface area contributed by atoms with E-state index in [1.165, 1.54) is 0 Å². The van der Waals surface area contributed by atoms with Crippen molar-refractivity contribution in [1.29, 1.82) is 0 Å². The van der Waals surface area contributed by atoms with Crippen LogP contribution in [-0.2, 0) is 0 Å². The fourth-order valence-electron chi connectivity index (χ4n) is 0.887. The second kappa shape index (κ2) is 4.92. The summed E-state index contributed by atoms with van der Waals surface area (Å²) in [5.41, 5.74) is -0.745. The zero-order valence-electron chi connectivity index (χ0n) is 7.71. The van der Waals surface area contributed by atoms with Crippen molar-refractivity contribution in [2.45, 2.75) is 19.9 Å². The van der Waals surface area contributed by atoms with Gasteiger partial charge >= 0.3 is 58.4 Å². The van der Waals surface area contributed by atoms with Crippen molar-refractivity contribution in [3.05, 3.63) is 6.20 Å². The third-order valence-electron chi connectivity index (χ3n) is 1.43. The van der Waals surface area contributed by atoms with E-state index in [4.69, 9.17) is 0 Å². The standard InChI is InChI=1S/C5H8BF3N3.K/c1-4(2)12-5(3-10-11-12)6(7,8)9;/h3-4H,1-2H3;/q-1;+1. The average Bonchev–Trinajstić information content (AvgIpc) is 2.30. The van der Waals surface area contributed by atoms with Gasteiger partial charge < -0.3 is 12.9 Å². The molecule has 0 aliphatic rings. The first-order valence-corrected chi connectivity index (χ1v) is 3.53. The van der Waals surface area contributed by atoms with Crippen molar-refractivity contribution < 1.29 is 64.3 Å². The molecule has 1 aromatic rings. The van der Waals surface area contributed by atoms with Gasteiger partial charge in [-0.25, -0.2) is 0 Å². The van der Waals surface area contributed by atoms with E-state index in [-0.39, 0.29) is 57.4 Å². The Balaban J connectivity index is 0.00000144. The topological polar surface area (TPSA) is 30.7 Å². The zero-order chi connectivity index (χ0) is 9.35. The van der Waals surface area contributed by atoms with Crippen molar-refractivity contribution in [3.63, 3.8) is 0 Å². The van der Waals surface area contributed by atoms with Crippen LogP contribution < -0.4 is 57.0 Å². The molecule has 0 bridgehead atoms. The predicted molar refractivity (Wildman–Crippen MR) is 39.1 cm³/mol. The molecule has 1 rings (SSSR count). The van der Waals surface area contributed by atoms with Crippen LogP contribution in [0, 0.1) is 0 Å². The van der Waals surface area contributed by atoms with E-state index in [1.54, 1.807) is 13.8 Å². The van der Waals surface area contributed by atoms with Crippen molar-refractivity contribution in [1.82, 2.24) is 15.0 Å². The molecular formula is C5H8BF3KN3. The summed E-state index contributed by atoms with van der Waals surface area (Å²) in [6.45, 7) is -1.74. The average molecular weight is 217 g/mol. The monoisotopic (exact) mass is 217 g/mol. The number of nitrogens with zero attached hydrogens (tertiary/aromatic N) is 3. The van der Waals surface area contributed by atoms with Gasteiger partial charge in [0.25, 0.3) is 0 Å². The molecule has 0 amide bonds. The first-order valence-electron chi connectivity index (χ1n) is 3.53. The van der Waals surface area contributed by atoms with Gasteiger partial charge in [0.15, 0.2) is 0 Å². The van der Waals surface area contributed by atoms with E-state index in [1.807, 2.05) is 0 Å². The van der Waals surface area contributed by atoms with Gasteiger partial charge in [-0.05, 0) is 13.8 Å². The van der Waals surface area contributed by atoms with E-state index < -0.39 is 12.6 Å². The van der Waals surface area contributed by atoms with E-state index >= 15 is 0 Å². The molecule has 0 saturated heterocycles. The van der Waals surface area contributed by atoms with E-state index in [9.17, 15) is 12.9 Å². The maximum absolute atomic E-state index is 12.2. The molecule has 1 aromatic heterocycles. The van der Waals surface area contributed by atoms with Gasteiger partial charge in [-0.15, -0.1) is 5.10 Å². The Kier molecular flexibility index (Phi) is 5.16. The van der Waals surface area contributed by atoms with Crippen LogP contribution in [0.5, 0.6) is 0 Å². The molecule has 3 nitrogen and oxygen atoms in total. The Hall–Kier alpha value is 0.631. The molecule has 0 atom stereocenters. The minimum absolute atomic E-state index is 0. The minimum Gasteiger partial charge on any atom is -0.444 e. The van der Waals surface area contributed by atoms with Crippen LogP contribution in [0.3, 0.4) is 0 Å². The summed E-state index contributed by atoms with van der Waals surface area (Å²) in [6.07, 6.45) is 0.750. The molecule has 0 aliphatic heterocycles. The van der Waals surface area contributed by atoms with Crippen molar-refractivity contribution >= 4 is 12.6 Å². The molecule has 0 saturated carbocycles. The summed E-state index contributed by atoms with van der Waals surface area (Å²) in [7, 11) is 0. The summed E-state index contributed by atoms with van der Waals surface area (Å²) in [5, 5.41) is 6.56. The fourth-order valence-corrected chi connectivity index (χ4v) is 0.887. The smallest absolute Gasteiger partial charge is 0.444 e. The van der Waals surface area contributed by atoms with Gasteiger partial charge in [0, 0.05) is 17.8 Å².